The summed E-state index contributed by atoms with van der Waals surface area (Å²) < 4.78 is 0. The van der Waals surface area contributed by atoms with E-state index < -0.39 is 0 Å². The normalized spacial score (nSPS) is 18.2. The lowest BCUT2D eigenvalue weighted by atomic mass is 10.1. The van der Waals surface area contributed by atoms with E-state index in [4.69, 9.17) is 0 Å². The predicted octanol–water partition coefficient (Wildman–Crippen LogP) is 2.04. The SMILES string of the molecule is CC#CCCNCC(C)C1CC1. The van der Waals surface area contributed by atoms with Crippen molar-refractivity contribution in [2.24, 2.45) is 11.8 Å². The maximum Gasteiger partial charge on any atom is 0.0214 e. The van der Waals surface area contributed by atoms with Gasteiger partial charge in [0, 0.05) is 13.0 Å². The van der Waals surface area contributed by atoms with Gasteiger partial charge in [-0.2, -0.15) is 0 Å². The molecule has 0 heterocycles. The average Bonchev–Trinajstić information content (AvgIpc) is 2.86. The summed E-state index contributed by atoms with van der Waals surface area (Å²) in [6.45, 7) is 6.47. The Balaban J connectivity index is 1.89. The zero-order valence-electron chi connectivity index (χ0n) is 8.19. The number of hydrogen-bond acceptors (Lipinski definition) is 1. The van der Waals surface area contributed by atoms with Gasteiger partial charge >= 0.3 is 0 Å². The van der Waals surface area contributed by atoms with Gasteiger partial charge in [0.05, 0.1) is 0 Å². The van der Waals surface area contributed by atoms with Gasteiger partial charge in [-0.05, 0) is 38.1 Å². The summed E-state index contributed by atoms with van der Waals surface area (Å²) in [6.07, 6.45) is 3.91. The minimum absolute atomic E-state index is 0.875. The van der Waals surface area contributed by atoms with Crippen molar-refractivity contribution >= 4 is 0 Å². The molecule has 1 atom stereocenters. The molecule has 1 aliphatic rings. The maximum atomic E-state index is 3.44. The van der Waals surface area contributed by atoms with Gasteiger partial charge < -0.3 is 5.32 Å². The zero-order chi connectivity index (χ0) is 8.81. The smallest absolute Gasteiger partial charge is 0.0214 e. The van der Waals surface area contributed by atoms with Gasteiger partial charge in [-0.1, -0.05) is 6.92 Å². The highest BCUT2D eigenvalue weighted by Gasteiger charge is 2.26. The minimum atomic E-state index is 0.875. The second-order valence-corrected chi connectivity index (χ2v) is 3.70. The molecule has 0 bridgehead atoms. The van der Waals surface area contributed by atoms with E-state index in [1.807, 2.05) is 6.92 Å². The molecule has 0 amide bonds. The van der Waals surface area contributed by atoms with Gasteiger partial charge in [0.1, 0.15) is 0 Å². The van der Waals surface area contributed by atoms with Crippen molar-refractivity contribution < 1.29 is 0 Å². The molecular weight excluding hydrogens is 146 g/mol. The van der Waals surface area contributed by atoms with E-state index >= 15 is 0 Å². The van der Waals surface area contributed by atoms with Crippen LogP contribution in [0.15, 0.2) is 0 Å². The molecule has 1 saturated carbocycles. The molecule has 0 saturated heterocycles. The molecule has 0 aromatic rings. The van der Waals surface area contributed by atoms with E-state index in [0.717, 1.165) is 24.8 Å². The van der Waals surface area contributed by atoms with Gasteiger partial charge in [-0.15, -0.1) is 11.8 Å². The third kappa shape index (κ3) is 3.78. The van der Waals surface area contributed by atoms with Crippen molar-refractivity contribution in [3.63, 3.8) is 0 Å². The fraction of sp³-hybridized carbons (Fsp3) is 0.818. The van der Waals surface area contributed by atoms with Crippen LogP contribution in [0.5, 0.6) is 0 Å². The van der Waals surface area contributed by atoms with Crippen molar-refractivity contribution in [2.75, 3.05) is 13.1 Å². The van der Waals surface area contributed by atoms with Gasteiger partial charge in [0.2, 0.25) is 0 Å². The summed E-state index contributed by atoms with van der Waals surface area (Å²) in [5, 5.41) is 3.44. The van der Waals surface area contributed by atoms with Crippen molar-refractivity contribution in [1.29, 1.82) is 0 Å². The zero-order valence-corrected chi connectivity index (χ0v) is 8.19. The van der Waals surface area contributed by atoms with Gasteiger partial charge in [0.15, 0.2) is 0 Å². The van der Waals surface area contributed by atoms with Gasteiger partial charge in [-0.25, -0.2) is 0 Å². The molecule has 1 heteroatoms. The molecular formula is C11H19N. The van der Waals surface area contributed by atoms with Crippen molar-refractivity contribution in [2.45, 2.75) is 33.1 Å². The Kier molecular flexibility index (Phi) is 4.18. The van der Waals surface area contributed by atoms with Crippen LogP contribution in [0.3, 0.4) is 0 Å². The Morgan fingerprint density at radius 2 is 2.25 bits per heavy atom. The molecule has 0 spiro atoms. The third-order valence-electron chi connectivity index (χ3n) is 2.50. The molecule has 0 aromatic carbocycles. The lowest BCUT2D eigenvalue weighted by Crippen LogP contribution is -2.22. The standard InChI is InChI=1S/C11H19N/c1-3-4-5-8-12-9-10(2)11-6-7-11/h10-12H,5-9H2,1-2H3. The molecule has 1 aliphatic carbocycles. The van der Waals surface area contributed by atoms with E-state index in [9.17, 15) is 0 Å². The average molecular weight is 165 g/mol. The first-order chi connectivity index (χ1) is 5.84. The summed E-state index contributed by atoms with van der Waals surface area (Å²) in [5.41, 5.74) is 0. The van der Waals surface area contributed by atoms with Crippen LogP contribution in [-0.4, -0.2) is 13.1 Å². The summed E-state index contributed by atoms with van der Waals surface area (Å²) in [7, 11) is 0. The Labute approximate surface area is 75.9 Å². The number of rotatable bonds is 5. The van der Waals surface area contributed by atoms with E-state index in [0.29, 0.717) is 0 Å². The summed E-state index contributed by atoms with van der Waals surface area (Å²) >= 11 is 0. The maximum absolute atomic E-state index is 3.44. The Bertz CT molecular complexity index is 171. The lowest BCUT2D eigenvalue weighted by molar-refractivity contribution is 0.466. The lowest BCUT2D eigenvalue weighted by Gasteiger charge is -2.09. The highest BCUT2D eigenvalue weighted by Crippen LogP contribution is 2.35. The Hall–Kier alpha value is -0.480. The molecule has 1 fully saturated rings. The van der Waals surface area contributed by atoms with Crippen molar-refractivity contribution in [1.82, 2.24) is 5.32 Å². The first kappa shape index (κ1) is 9.61. The fourth-order valence-electron chi connectivity index (χ4n) is 1.44. The second kappa shape index (κ2) is 5.22. The summed E-state index contributed by atoms with van der Waals surface area (Å²) in [4.78, 5) is 0. The molecule has 0 aliphatic heterocycles. The monoisotopic (exact) mass is 165 g/mol. The van der Waals surface area contributed by atoms with E-state index in [-0.39, 0.29) is 0 Å². The highest BCUT2D eigenvalue weighted by atomic mass is 14.9. The molecule has 0 radical (unpaired) electrons. The molecule has 1 rings (SSSR count). The van der Waals surface area contributed by atoms with E-state index in [1.54, 1.807) is 0 Å². The van der Waals surface area contributed by atoms with Crippen molar-refractivity contribution in [3.05, 3.63) is 0 Å². The largest absolute Gasteiger partial charge is 0.316 e. The van der Waals surface area contributed by atoms with E-state index in [2.05, 4.69) is 24.1 Å². The van der Waals surface area contributed by atoms with Crippen LogP contribution in [0, 0.1) is 23.7 Å². The summed E-state index contributed by atoms with van der Waals surface area (Å²) in [6, 6.07) is 0. The first-order valence-corrected chi connectivity index (χ1v) is 4.95. The van der Waals surface area contributed by atoms with Crippen molar-refractivity contribution in [3.8, 4) is 11.8 Å². The van der Waals surface area contributed by atoms with Crippen LogP contribution in [0.2, 0.25) is 0 Å². The predicted molar refractivity (Wildman–Crippen MR) is 52.8 cm³/mol. The molecule has 0 aromatic heterocycles. The second-order valence-electron chi connectivity index (χ2n) is 3.70. The number of nitrogens with one attached hydrogen (secondary N) is 1. The Morgan fingerprint density at radius 3 is 2.83 bits per heavy atom. The van der Waals surface area contributed by atoms with Crippen LogP contribution in [0.4, 0.5) is 0 Å². The molecule has 68 valence electrons. The quantitative estimate of drug-likeness (QED) is 0.485. The first-order valence-electron chi connectivity index (χ1n) is 4.95. The third-order valence-corrected chi connectivity index (χ3v) is 2.50. The number of hydrogen-bond donors (Lipinski definition) is 1. The summed E-state index contributed by atoms with van der Waals surface area (Å²) in [5.74, 6) is 7.85. The van der Waals surface area contributed by atoms with Gasteiger partial charge in [0.25, 0.3) is 0 Å². The van der Waals surface area contributed by atoms with Crippen LogP contribution in [0.1, 0.15) is 33.1 Å². The molecule has 1 nitrogen and oxygen atoms in total. The van der Waals surface area contributed by atoms with Crippen LogP contribution >= 0.6 is 0 Å². The van der Waals surface area contributed by atoms with Crippen LogP contribution in [0.25, 0.3) is 0 Å². The van der Waals surface area contributed by atoms with Crippen LogP contribution in [-0.2, 0) is 0 Å². The fourth-order valence-corrected chi connectivity index (χ4v) is 1.44. The van der Waals surface area contributed by atoms with Crippen LogP contribution < -0.4 is 5.32 Å². The Morgan fingerprint density at radius 1 is 1.50 bits per heavy atom. The van der Waals surface area contributed by atoms with E-state index in [1.165, 1.54) is 19.4 Å². The minimum Gasteiger partial charge on any atom is -0.316 e. The molecule has 12 heavy (non-hydrogen) atoms. The van der Waals surface area contributed by atoms with Gasteiger partial charge in [-0.3, -0.25) is 0 Å². The highest BCUT2D eigenvalue weighted by molar-refractivity contribution is 4.95. The topological polar surface area (TPSA) is 12.0 Å². The molecule has 1 unspecified atom stereocenters. The molecule has 1 N–H and O–H groups in total.